The summed E-state index contributed by atoms with van der Waals surface area (Å²) in [6.45, 7) is 2.73. The first-order valence-electron chi connectivity index (χ1n) is 6.67. The quantitative estimate of drug-likeness (QED) is 0.833. The Labute approximate surface area is 118 Å². The van der Waals surface area contributed by atoms with E-state index in [4.69, 9.17) is 0 Å². The molecule has 2 unspecified atom stereocenters. The molecule has 20 heavy (non-hydrogen) atoms. The Kier molecular flexibility index (Phi) is 4.39. The van der Waals surface area contributed by atoms with Crippen molar-refractivity contribution in [3.8, 4) is 0 Å². The van der Waals surface area contributed by atoms with Crippen molar-refractivity contribution in [1.29, 1.82) is 0 Å². The number of amides is 1. The molecule has 0 aliphatic carbocycles. The summed E-state index contributed by atoms with van der Waals surface area (Å²) in [5.41, 5.74) is 2.18. The number of carbonyl (C=O) groups is 2. The third kappa shape index (κ3) is 2.82. The van der Waals surface area contributed by atoms with E-state index in [0.29, 0.717) is 0 Å². The fraction of sp³-hybridized carbons (Fsp3) is 0.467. The molecule has 0 saturated heterocycles. The number of hydrogen-bond donors (Lipinski definition) is 1. The topological polar surface area (TPSA) is 58.6 Å². The van der Waals surface area contributed by atoms with Gasteiger partial charge in [0.2, 0.25) is 5.91 Å². The number of fused-ring (bicyclic) bond motifs is 1. The third-order valence-electron chi connectivity index (χ3n) is 3.74. The molecule has 2 atom stereocenters. The minimum Gasteiger partial charge on any atom is -0.468 e. The van der Waals surface area contributed by atoms with E-state index in [1.165, 1.54) is 12.0 Å². The SMILES string of the molecule is COC(=O)CN(C)C(=O)C1c2ccccc2CNC1C. The summed E-state index contributed by atoms with van der Waals surface area (Å²) in [6, 6.07) is 7.96. The summed E-state index contributed by atoms with van der Waals surface area (Å²) in [5.74, 6) is -0.747. The maximum atomic E-state index is 12.6. The van der Waals surface area contributed by atoms with Crippen molar-refractivity contribution in [2.45, 2.75) is 25.4 Å². The Balaban J connectivity index is 2.22. The summed E-state index contributed by atoms with van der Waals surface area (Å²) >= 11 is 0. The van der Waals surface area contributed by atoms with Crippen LogP contribution in [0, 0.1) is 0 Å². The highest BCUT2D eigenvalue weighted by Crippen LogP contribution is 2.29. The summed E-state index contributed by atoms with van der Waals surface area (Å²) in [6.07, 6.45) is 0. The largest absolute Gasteiger partial charge is 0.468 e. The smallest absolute Gasteiger partial charge is 0.325 e. The van der Waals surface area contributed by atoms with Gasteiger partial charge in [-0.05, 0) is 18.1 Å². The van der Waals surface area contributed by atoms with Gasteiger partial charge in [0.15, 0.2) is 0 Å². The van der Waals surface area contributed by atoms with Gasteiger partial charge in [0.05, 0.1) is 13.0 Å². The highest BCUT2D eigenvalue weighted by molar-refractivity contribution is 5.88. The average Bonchev–Trinajstić information content (AvgIpc) is 2.46. The van der Waals surface area contributed by atoms with Gasteiger partial charge in [-0.15, -0.1) is 0 Å². The molecule has 1 aromatic carbocycles. The third-order valence-corrected chi connectivity index (χ3v) is 3.74. The minimum absolute atomic E-state index is 0.0271. The van der Waals surface area contributed by atoms with Crippen LogP contribution in [-0.4, -0.2) is 43.5 Å². The molecule has 0 aromatic heterocycles. The van der Waals surface area contributed by atoms with Crippen LogP contribution in [0.2, 0.25) is 0 Å². The molecule has 0 fully saturated rings. The number of likely N-dealkylation sites (N-methyl/N-ethyl adjacent to an activating group) is 1. The van der Waals surface area contributed by atoms with Crippen molar-refractivity contribution in [1.82, 2.24) is 10.2 Å². The molecule has 2 rings (SSSR count). The normalized spacial score (nSPS) is 20.9. The second-order valence-electron chi connectivity index (χ2n) is 5.12. The first-order valence-corrected chi connectivity index (χ1v) is 6.67. The lowest BCUT2D eigenvalue weighted by Crippen LogP contribution is -2.46. The van der Waals surface area contributed by atoms with Gasteiger partial charge in [-0.3, -0.25) is 9.59 Å². The zero-order chi connectivity index (χ0) is 14.7. The van der Waals surface area contributed by atoms with Crippen LogP contribution >= 0.6 is 0 Å². The molecule has 0 bridgehead atoms. The van der Waals surface area contributed by atoms with E-state index in [2.05, 4.69) is 10.1 Å². The summed E-state index contributed by atoms with van der Waals surface area (Å²) in [7, 11) is 2.95. The van der Waals surface area contributed by atoms with E-state index in [1.54, 1.807) is 7.05 Å². The standard InChI is InChI=1S/C15H20N2O3/c1-10-14(15(19)17(2)9-13(18)20-3)12-7-5-4-6-11(12)8-16-10/h4-7,10,14,16H,8-9H2,1-3H3. The van der Waals surface area contributed by atoms with Crippen LogP contribution in [0.5, 0.6) is 0 Å². The minimum atomic E-state index is -0.412. The molecule has 1 N–H and O–H groups in total. The van der Waals surface area contributed by atoms with Gasteiger partial charge in [0, 0.05) is 19.6 Å². The predicted molar refractivity (Wildman–Crippen MR) is 75.1 cm³/mol. The first kappa shape index (κ1) is 14.5. The molecule has 1 aromatic rings. The van der Waals surface area contributed by atoms with Crippen LogP contribution in [0.4, 0.5) is 0 Å². The second-order valence-corrected chi connectivity index (χ2v) is 5.12. The second kappa shape index (κ2) is 6.05. The van der Waals surface area contributed by atoms with Crippen LogP contribution in [0.3, 0.4) is 0 Å². The molecule has 1 aliphatic rings. The van der Waals surface area contributed by atoms with Crippen molar-refractivity contribution >= 4 is 11.9 Å². The van der Waals surface area contributed by atoms with E-state index >= 15 is 0 Å². The number of ether oxygens (including phenoxy) is 1. The number of methoxy groups -OCH3 is 1. The molecule has 1 heterocycles. The zero-order valence-corrected chi connectivity index (χ0v) is 12.1. The number of esters is 1. The Morgan fingerprint density at radius 3 is 2.80 bits per heavy atom. The summed E-state index contributed by atoms with van der Waals surface area (Å²) in [4.78, 5) is 25.3. The van der Waals surface area contributed by atoms with Crippen molar-refractivity contribution in [3.05, 3.63) is 35.4 Å². The molecule has 0 saturated carbocycles. The summed E-state index contributed by atoms with van der Waals surface area (Å²) in [5, 5.41) is 3.33. The molecular weight excluding hydrogens is 256 g/mol. The molecule has 108 valence electrons. The maximum absolute atomic E-state index is 12.6. The van der Waals surface area contributed by atoms with E-state index in [0.717, 1.165) is 17.7 Å². The van der Waals surface area contributed by atoms with Gasteiger partial charge in [-0.25, -0.2) is 0 Å². The van der Waals surface area contributed by atoms with Gasteiger partial charge in [0.1, 0.15) is 6.54 Å². The number of carbonyl (C=O) groups excluding carboxylic acids is 2. The van der Waals surface area contributed by atoms with Gasteiger partial charge in [-0.2, -0.15) is 0 Å². The van der Waals surface area contributed by atoms with E-state index < -0.39 is 5.97 Å². The van der Waals surface area contributed by atoms with Gasteiger partial charge in [-0.1, -0.05) is 24.3 Å². The average molecular weight is 276 g/mol. The number of benzene rings is 1. The van der Waals surface area contributed by atoms with Crippen LogP contribution in [0.1, 0.15) is 24.0 Å². The number of hydrogen-bond acceptors (Lipinski definition) is 4. The van der Waals surface area contributed by atoms with Crippen molar-refractivity contribution in [2.75, 3.05) is 20.7 Å². The lowest BCUT2D eigenvalue weighted by molar-refractivity contribution is -0.146. The maximum Gasteiger partial charge on any atom is 0.325 e. The molecule has 0 spiro atoms. The van der Waals surface area contributed by atoms with Gasteiger partial charge < -0.3 is 15.0 Å². The summed E-state index contributed by atoms with van der Waals surface area (Å²) < 4.78 is 4.61. The fourth-order valence-corrected chi connectivity index (χ4v) is 2.58. The Hall–Kier alpha value is -1.88. The molecule has 5 nitrogen and oxygen atoms in total. The van der Waals surface area contributed by atoms with E-state index in [9.17, 15) is 9.59 Å². The van der Waals surface area contributed by atoms with E-state index in [-0.39, 0.29) is 24.4 Å². The Bertz CT molecular complexity index is 516. The Morgan fingerprint density at radius 2 is 2.10 bits per heavy atom. The van der Waals surface area contributed by atoms with E-state index in [1.807, 2.05) is 31.2 Å². The lowest BCUT2D eigenvalue weighted by Gasteiger charge is -2.33. The number of rotatable bonds is 3. The van der Waals surface area contributed by atoms with Crippen molar-refractivity contribution < 1.29 is 14.3 Å². The van der Waals surface area contributed by atoms with Crippen LogP contribution in [-0.2, 0) is 20.9 Å². The predicted octanol–water partition coefficient (Wildman–Crippen LogP) is 0.893. The molecule has 1 amide bonds. The van der Waals surface area contributed by atoms with Crippen LogP contribution < -0.4 is 5.32 Å². The van der Waals surface area contributed by atoms with Crippen LogP contribution in [0.15, 0.2) is 24.3 Å². The molecule has 1 aliphatic heterocycles. The molecule has 0 radical (unpaired) electrons. The molecule has 5 heteroatoms. The fourth-order valence-electron chi connectivity index (χ4n) is 2.58. The van der Waals surface area contributed by atoms with Gasteiger partial charge in [0.25, 0.3) is 0 Å². The van der Waals surface area contributed by atoms with Crippen LogP contribution in [0.25, 0.3) is 0 Å². The zero-order valence-electron chi connectivity index (χ0n) is 12.1. The Morgan fingerprint density at radius 1 is 1.40 bits per heavy atom. The highest BCUT2D eigenvalue weighted by atomic mass is 16.5. The highest BCUT2D eigenvalue weighted by Gasteiger charge is 2.34. The monoisotopic (exact) mass is 276 g/mol. The number of nitrogens with one attached hydrogen (secondary N) is 1. The first-order chi connectivity index (χ1) is 9.54. The number of nitrogens with zero attached hydrogens (tertiary/aromatic N) is 1. The van der Waals surface area contributed by atoms with Gasteiger partial charge >= 0.3 is 5.97 Å². The van der Waals surface area contributed by atoms with Crippen molar-refractivity contribution in [2.24, 2.45) is 0 Å². The lowest BCUT2D eigenvalue weighted by atomic mass is 9.84. The van der Waals surface area contributed by atoms with Crippen molar-refractivity contribution in [3.63, 3.8) is 0 Å². The molecular formula is C15H20N2O3.